The second kappa shape index (κ2) is 8.02. The monoisotopic (exact) mass is 332 g/mol. The molecule has 0 aliphatic heterocycles. The number of rotatable bonds is 6. The molecule has 25 heavy (non-hydrogen) atoms. The van der Waals surface area contributed by atoms with Crippen molar-refractivity contribution in [1.29, 1.82) is 0 Å². The van der Waals surface area contributed by atoms with Crippen LogP contribution in [0.2, 0.25) is 0 Å². The lowest BCUT2D eigenvalue weighted by Crippen LogP contribution is -2.27. The standard InChI is InChI=1S/C21H20N2O2/c1-25-19-14-8-13-18(15-19)22-20(16-9-4-2-5-10-16)21(24)23-17-11-6-3-7-12-17/h2-15,20,22H,1H3,(H,23,24)/t20-/m1/s1. The number of methoxy groups -OCH3 is 1. The zero-order chi connectivity index (χ0) is 17.5. The smallest absolute Gasteiger partial charge is 0.251 e. The molecule has 0 aliphatic rings. The lowest BCUT2D eigenvalue weighted by Gasteiger charge is -2.20. The zero-order valence-corrected chi connectivity index (χ0v) is 14.0. The van der Waals surface area contributed by atoms with Gasteiger partial charge < -0.3 is 15.4 Å². The van der Waals surface area contributed by atoms with Crippen molar-refractivity contribution in [3.8, 4) is 5.75 Å². The molecule has 0 saturated carbocycles. The minimum atomic E-state index is -0.520. The Morgan fingerprint density at radius 2 is 1.48 bits per heavy atom. The van der Waals surface area contributed by atoms with Crippen LogP contribution in [0.4, 0.5) is 11.4 Å². The third-order valence-electron chi connectivity index (χ3n) is 3.82. The van der Waals surface area contributed by atoms with Crippen molar-refractivity contribution in [2.45, 2.75) is 6.04 Å². The fourth-order valence-corrected chi connectivity index (χ4v) is 2.56. The van der Waals surface area contributed by atoms with Gasteiger partial charge >= 0.3 is 0 Å². The Balaban J connectivity index is 1.86. The molecular weight excluding hydrogens is 312 g/mol. The first-order valence-corrected chi connectivity index (χ1v) is 8.08. The van der Waals surface area contributed by atoms with Gasteiger partial charge in [-0.3, -0.25) is 4.79 Å². The summed E-state index contributed by atoms with van der Waals surface area (Å²) in [5.41, 5.74) is 2.47. The maximum Gasteiger partial charge on any atom is 0.251 e. The van der Waals surface area contributed by atoms with Crippen LogP contribution in [0.1, 0.15) is 11.6 Å². The number of anilines is 2. The molecule has 3 aromatic rings. The van der Waals surface area contributed by atoms with E-state index in [-0.39, 0.29) is 5.91 Å². The number of amides is 1. The van der Waals surface area contributed by atoms with Crippen molar-refractivity contribution in [2.24, 2.45) is 0 Å². The van der Waals surface area contributed by atoms with E-state index in [1.54, 1.807) is 7.11 Å². The number of carbonyl (C=O) groups excluding carboxylic acids is 1. The predicted molar refractivity (Wildman–Crippen MR) is 101 cm³/mol. The quantitative estimate of drug-likeness (QED) is 0.699. The van der Waals surface area contributed by atoms with E-state index in [4.69, 9.17) is 4.74 Å². The van der Waals surface area contributed by atoms with Gasteiger partial charge in [-0.25, -0.2) is 0 Å². The lowest BCUT2D eigenvalue weighted by atomic mass is 10.1. The van der Waals surface area contributed by atoms with Crippen molar-refractivity contribution in [2.75, 3.05) is 17.7 Å². The minimum Gasteiger partial charge on any atom is -0.497 e. The molecule has 4 heteroatoms. The molecule has 0 bridgehead atoms. The summed E-state index contributed by atoms with van der Waals surface area (Å²) in [7, 11) is 1.62. The molecule has 126 valence electrons. The Morgan fingerprint density at radius 1 is 0.840 bits per heavy atom. The maximum atomic E-state index is 12.9. The lowest BCUT2D eigenvalue weighted by molar-refractivity contribution is -0.117. The molecule has 1 amide bonds. The Kier molecular flexibility index (Phi) is 5.32. The van der Waals surface area contributed by atoms with E-state index in [2.05, 4.69) is 10.6 Å². The van der Waals surface area contributed by atoms with Crippen LogP contribution in [-0.4, -0.2) is 13.0 Å². The van der Waals surface area contributed by atoms with Gasteiger partial charge in [0.1, 0.15) is 11.8 Å². The van der Waals surface area contributed by atoms with Gasteiger partial charge in [-0.2, -0.15) is 0 Å². The van der Waals surface area contributed by atoms with E-state index in [0.29, 0.717) is 0 Å². The van der Waals surface area contributed by atoms with Gasteiger partial charge in [0.25, 0.3) is 5.91 Å². The number of hydrogen-bond acceptors (Lipinski definition) is 3. The third-order valence-corrected chi connectivity index (χ3v) is 3.82. The predicted octanol–water partition coefficient (Wildman–Crippen LogP) is 4.49. The van der Waals surface area contributed by atoms with Gasteiger partial charge in [-0.15, -0.1) is 0 Å². The molecule has 0 radical (unpaired) electrons. The summed E-state index contributed by atoms with van der Waals surface area (Å²) >= 11 is 0. The van der Waals surface area contributed by atoms with Crippen LogP contribution >= 0.6 is 0 Å². The first-order valence-electron chi connectivity index (χ1n) is 8.08. The van der Waals surface area contributed by atoms with Crippen LogP contribution in [0.15, 0.2) is 84.9 Å². The fraction of sp³-hybridized carbons (Fsp3) is 0.0952. The van der Waals surface area contributed by atoms with Crippen LogP contribution in [0.25, 0.3) is 0 Å². The first kappa shape index (κ1) is 16.6. The molecule has 3 aromatic carbocycles. The maximum absolute atomic E-state index is 12.9. The molecular formula is C21H20N2O2. The second-order valence-corrected chi connectivity index (χ2v) is 5.58. The zero-order valence-electron chi connectivity index (χ0n) is 14.0. The van der Waals surface area contributed by atoms with Gasteiger partial charge in [0.15, 0.2) is 0 Å². The number of benzene rings is 3. The molecule has 0 saturated heterocycles. The summed E-state index contributed by atoms with van der Waals surface area (Å²) in [6, 6.07) is 26.1. The summed E-state index contributed by atoms with van der Waals surface area (Å²) in [4.78, 5) is 12.9. The summed E-state index contributed by atoms with van der Waals surface area (Å²) in [5.74, 6) is 0.612. The summed E-state index contributed by atoms with van der Waals surface area (Å²) in [6.45, 7) is 0. The highest BCUT2D eigenvalue weighted by Gasteiger charge is 2.20. The average molecular weight is 332 g/mol. The van der Waals surface area contributed by atoms with E-state index >= 15 is 0 Å². The molecule has 0 fully saturated rings. The highest BCUT2D eigenvalue weighted by molar-refractivity contribution is 5.97. The van der Waals surface area contributed by atoms with E-state index in [1.165, 1.54) is 0 Å². The van der Waals surface area contributed by atoms with Crippen LogP contribution in [0.5, 0.6) is 5.75 Å². The number of nitrogens with one attached hydrogen (secondary N) is 2. The van der Waals surface area contributed by atoms with Gasteiger partial charge in [0.2, 0.25) is 0 Å². The molecule has 4 nitrogen and oxygen atoms in total. The Morgan fingerprint density at radius 3 is 2.16 bits per heavy atom. The van der Waals surface area contributed by atoms with Gasteiger partial charge in [0, 0.05) is 17.4 Å². The Labute approximate surface area is 147 Å². The third kappa shape index (κ3) is 4.38. The van der Waals surface area contributed by atoms with E-state index in [1.807, 2.05) is 84.9 Å². The molecule has 0 spiro atoms. The van der Waals surface area contributed by atoms with Gasteiger partial charge in [-0.05, 0) is 29.8 Å². The van der Waals surface area contributed by atoms with E-state index < -0.39 is 6.04 Å². The first-order chi connectivity index (χ1) is 12.3. The summed E-state index contributed by atoms with van der Waals surface area (Å²) in [5, 5.41) is 6.25. The van der Waals surface area contributed by atoms with Crippen LogP contribution < -0.4 is 15.4 Å². The van der Waals surface area contributed by atoms with E-state index in [0.717, 1.165) is 22.7 Å². The van der Waals surface area contributed by atoms with Crippen LogP contribution in [0.3, 0.4) is 0 Å². The van der Waals surface area contributed by atoms with Crippen LogP contribution in [-0.2, 0) is 4.79 Å². The van der Waals surface area contributed by atoms with Crippen molar-refractivity contribution in [3.63, 3.8) is 0 Å². The minimum absolute atomic E-state index is 0.125. The Bertz CT molecular complexity index is 820. The molecule has 0 aromatic heterocycles. The van der Waals surface area contributed by atoms with Crippen molar-refractivity contribution in [1.82, 2.24) is 0 Å². The van der Waals surface area contributed by atoms with Crippen molar-refractivity contribution in [3.05, 3.63) is 90.5 Å². The average Bonchev–Trinajstić information content (AvgIpc) is 2.67. The number of para-hydroxylation sites is 1. The topological polar surface area (TPSA) is 50.4 Å². The Hall–Kier alpha value is -3.27. The highest BCUT2D eigenvalue weighted by Crippen LogP contribution is 2.24. The molecule has 1 atom stereocenters. The normalized spacial score (nSPS) is 11.4. The molecule has 2 N–H and O–H groups in total. The number of ether oxygens (including phenoxy) is 1. The van der Waals surface area contributed by atoms with E-state index in [9.17, 15) is 4.79 Å². The summed E-state index contributed by atoms with van der Waals surface area (Å²) < 4.78 is 5.26. The van der Waals surface area contributed by atoms with Crippen molar-refractivity contribution >= 4 is 17.3 Å². The van der Waals surface area contributed by atoms with Crippen LogP contribution in [0, 0.1) is 0 Å². The van der Waals surface area contributed by atoms with Gasteiger partial charge in [0.05, 0.1) is 7.11 Å². The number of carbonyl (C=O) groups is 1. The number of hydrogen-bond donors (Lipinski definition) is 2. The molecule has 3 rings (SSSR count). The van der Waals surface area contributed by atoms with Gasteiger partial charge in [-0.1, -0.05) is 54.6 Å². The molecule has 0 unspecified atom stereocenters. The second-order valence-electron chi connectivity index (χ2n) is 5.58. The van der Waals surface area contributed by atoms with Crippen molar-refractivity contribution < 1.29 is 9.53 Å². The highest BCUT2D eigenvalue weighted by atomic mass is 16.5. The fourth-order valence-electron chi connectivity index (χ4n) is 2.56. The summed E-state index contributed by atoms with van der Waals surface area (Å²) in [6.07, 6.45) is 0. The molecule has 0 heterocycles. The largest absolute Gasteiger partial charge is 0.497 e. The SMILES string of the molecule is COc1cccc(N[C@@H](C(=O)Nc2ccccc2)c2ccccc2)c1. The molecule has 0 aliphatic carbocycles.